The molecule has 3 aromatic rings. The first-order valence-corrected chi connectivity index (χ1v) is 12.1. The van der Waals surface area contributed by atoms with Crippen LogP contribution in [0.2, 0.25) is 5.02 Å². The van der Waals surface area contributed by atoms with Crippen LogP contribution in [0.4, 0.5) is 0 Å². The van der Waals surface area contributed by atoms with E-state index in [1.165, 1.54) is 0 Å². The molecule has 3 heterocycles. The quantitative estimate of drug-likeness (QED) is 0.434. The van der Waals surface area contributed by atoms with E-state index in [-0.39, 0.29) is 12.0 Å². The minimum absolute atomic E-state index is 0.0764. The molecule has 1 aromatic carbocycles. The Bertz CT molecular complexity index is 1070. The lowest BCUT2D eigenvalue weighted by molar-refractivity contribution is 0.0937. The number of methoxy groups -OCH3 is 1. The van der Waals surface area contributed by atoms with Gasteiger partial charge in [-0.05, 0) is 38.3 Å². The number of carbonyl (C=O) groups excluding carboxylic acids is 1. The van der Waals surface area contributed by atoms with Crippen LogP contribution in [-0.4, -0.2) is 48.4 Å². The van der Waals surface area contributed by atoms with Gasteiger partial charge < -0.3 is 19.4 Å². The predicted octanol–water partition coefficient (Wildman–Crippen LogP) is 5.19. The third-order valence-corrected chi connectivity index (χ3v) is 6.91. The molecule has 4 rings (SSSR count). The first-order valence-electron chi connectivity index (χ1n) is 10.9. The highest BCUT2D eigenvalue weighted by Crippen LogP contribution is 2.35. The second-order valence-corrected chi connectivity index (χ2v) is 9.16. The Morgan fingerprint density at radius 1 is 1.41 bits per heavy atom. The summed E-state index contributed by atoms with van der Waals surface area (Å²) >= 11 is 7.93. The zero-order valence-corrected chi connectivity index (χ0v) is 20.0. The Morgan fingerprint density at radius 2 is 2.25 bits per heavy atom. The molecule has 1 aliphatic rings. The number of nitrogens with zero attached hydrogens (tertiary/aromatic N) is 2. The molecule has 1 saturated heterocycles. The Morgan fingerprint density at radius 3 is 3.00 bits per heavy atom. The fourth-order valence-electron chi connectivity index (χ4n) is 3.98. The van der Waals surface area contributed by atoms with Gasteiger partial charge in [0, 0.05) is 50.1 Å². The number of aromatic nitrogens is 2. The topological polar surface area (TPSA) is 65.4 Å². The number of carbonyl (C=O) groups is 1. The lowest BCUT2D eigenvalue weighted by atomic mass is 10.2. The lowest BCUT2D eigenvalue weighted by Crippen LogP contribution is -2.26. The summed E-state index contributed by atoms with van der Waals surface area (Å²) in [6, 6.07) is 9.66. The number of hydrogen-bond donors (Lipinski definition) is 1. The van der Waals surface area contributed by atoms with Crippen LogP contribution in [-0.2, 0) is 16.0 Å². The molecule has 1 unspecified atom stereocenters. The van der Waals surface area contributed by atoms with Gasteiger partial charge in [-0.2, -0.15) is 0 Å². The van der Waals surface area contributed by atoms with Crippen molar-refractivity contribution in [1.29, 1.82) is 0 Å². The van der Waals surface area contributed by atoms with Crippen LogP contribution in [0, 0.1) is 6.92 Å². The molecule has 1 amide bonds. The third kappa shape index (κ3) is 5.07. The maximum atomic E-state index is 12.9. The van der Waals surface area contributed by atoms with Gasteiger partial charge in [-0.3, -0.25) is 4.79 Å². The monoisotopic (exact) mass is 473 g/mol. The number of amides is 1. The van der Waals surface area contributed by atoms with Crippen LogP contribution in [0.25, 0.3) is 22.0 Å². The molecule has 0 saturated carbocycles. The molecule has 0 bridgehead atoms. The Labute approximate surface area is 197 Å². The Balaban J connectivity index is 1.65. The molecular weight excluding hydrogens is 446 g/mol. The van der Waals surface area contributed by atoms with E-state index < -0.39 is 0 Å². The molecule has 1 atom stereocenters. The Kier molecular flexibility index (Phi) is 7.63. The fourth-order valence-corrected chi connectivity index (χ4v) is 5.11. The number of rotatable bonds is 9. The van der Waals surface area contributed by atoms with E-state index in [1.807, 2.05) is 42.6 Å². The standard InChI is InChI=1S/C24H28ClN3O3S/c1-16-19(23(29)26-10-6-11-30-2)13-22(28(16)14-17-7-5-12-31-17)21-15-32-24(27-21)18-8-3-4-9-20(18)25/h3-4,8-9,13,15,17H,5-7,10-12,14H2,1-2H3,(H,26,29). The molecule has 0 radical (unpaired) electrons. The van der Waals surface area contributed by atoms with Crippen LogP contribution in [0.1, 0.15) is 35.3 Å². The maximum absolute atomic E-state index is 12.9. The van der Waals surface area contributed by atoms with E-state index in [0.717, 1.165) is 53.5 Å². The molecule has 6 nitrogen and oxygen atoms in total. The molecule has 2 aromatic heterocycles. The van der Waals surface area contributed by atoms with E-state index in [4.69, 9.17) is 26.1 Å². The summed E-state index contributed by atoms with van der Waals surface area (Å²) in [5, 5.41) is 6.56. The van der Waals surface area contributed by atoms with Gasteiger partial charge in [0.1, 0.15) is 5.01 Å². The normalized spacial score (nSPS) is 15.9. The molecule has 0 spiro atoms. The molecular formula is C24H28ClN3O3S. The van der Waals surface area contributed by atoms with Gasteiger partial charge in [-0.15, -0.1) is 11.3 Å². The van der Waals surface area contributed by atoms with Crippen LogP contribution in [0.3, 0.4) is 0 Å². The van der Waals surface area contributed by atoms with E-state index in [2.05, 4.69) is 9.88 Å². The van der Waals surface area contributed by atoms with Crippen molar-refractivity contribution in [3.05, 3.63) is 52.0 Å². The van der Waals surface area contributed by atoms with Crippen LogP contribution in [0.15, 0.2) is 35.7 Å². The van der Waals surface area contributed by atoms with Crippen molar-refractivity contribution in [2.75, 3.05) is 26.9 Å². The second kappa shape index (κ2) is 10.6. The summed E-state index contributed by atoms with van der Waals surface area (Å²) in [6.07, 6.45) is 3.02. The first-order chi connectivity index (χ1) is 15.6. The fraction of sp³-hybridized carbons (Fsp3) is 0.417. The van der Waals surface area contributed by atoms with E-state index in [1.54, 1.807) is 18.4 Å². The molecule has 1 N–H and O–H groups in total. The van der Waals surface area contributed by atoms with E-state index >= 15 is 0 Å². The average Bonchev–Trinajstić information content (AvgIpc) is 3.54. The largest absolute Gasteiger partial charge is 0.385 e. The highest BCUT2D eigenvalue weighted by molar-refractivity contribution is 7.13. The second-order valence-electron chi connectivity index (χ2n) is 7.89. The average molecular weight is 474 g/mol. The van der Waals surface area contributed by atoms with E-state index in [9.17, 15) is 4.79 Å². The van der Waals surface area contributed by atoms with Gasteiger partial charge in [0.15, 0.2) is 0 Å². The summed E-state index contributed by atoms with van der Waals surface area (Å²) in [7, 11) is 1.66. The smallest absolute Gasteiger partial charge is 0.253 e. The zero-order valence-electron chi connectivity index (χ0n) is 18.4. The Hall–Kier alpha value is -2.19. The SMILES string of the molecule is COCCCNC(=O)c1cc(-c2csc(-c3ccccc3Cl)n2)n(CC2CCCO2)c1C. The van der Waals surface area contributed by atoms with Crippen LogP contribution < -0.4 is 5.32 Å². The summed E-state index contributed by atoms with van der Waals surface area (Å²) in [5.41, 5.74) is 4.27. The van der Waals surface area contributed by atoms with Gasteiger partial charge in [-0.1, -0.05) is 29.8 Å². The summed E-state index contributed by atoms with van der Waals surface area (Å²) in [6.45, 7) is 4.68. The molecule has 1 aliphatic heterocycles. The third-order valence-electron chi connectivity index (χ3n) is 5.70. The van der Waals surface area contributed by atoms with Crippen molar-refractivity contribution in [2.24, 2.45) is 0 Å². The maximum Gasteiger partial charge on any atom is 0.253 e. The van der Waals surface area contributed by atoms with Gasteiger partial charge in [0.2, 0.25) is 0 Å². The van der Waals surface area contributed by atoms with Gasteiger partial charge >= 0.3 is 0 Å². The van der Waals surface area contributed by atoms with Crippen molar-refractivity contribution in [2.45, 2.75) is 38.8 Å². The van der Waals surface area contributed by atoms with Crippen LogP contribution >= 0.6 is 22.9 Å². The van der Waals surface area contributed by atoms with Crippen molar-refractivity contribution >= 4 is 28.8 Å². The van der Waals surface area contributed by atoms with Gasteiger partial charge in [0.25, 0.3) is 5.91 Å². The van der Waals surface area contributed by atoms with Crippen molar-refractivity contribution in [3.63, 3.8) is 0 Å². The number of hydrogen-bond acceptors (Lipinski definition) is 5. The van der Waals surface area contributed by atoms with Crippen molar-refractivity contribution in [3.8, 4) is 22.0 Å². The van der Waals surface area contributed by atoms with Gasteiger partial charge in [0.05, 0.1) is 28.1 Å². The minimum atomic E-state index is -0.0764. The lowest BCUT2D eigenvalue weighted by Gasteiger charge is -2.15. The summed E-state index contributed by atoms with van der Waals surface area (Å²) < 4.78 is 13.1. The van der Waals surface area contributed by atoms with Crippen molar-refractivity contribution < 1.29 is 14.3 Å². The van der Waals surface area contributed by atoms with E-state index in [0.29, 0.717) is 30.3 Å². The number of ether oxygens (including phenoxy) is 2. The van der Waals surface area contributed by atoms with Gasteiger partial charge in [-0.25, -0.2) is 4.98 Å². The summed E-state index contributed by atoms with van der Waals surface area (Å²) in [4.78, 5) is 17.8. The number of thiazole rings is 1. The predicted molar refractivity (Wildman–Crippen MR) is 129 cm³/mol. The van der Waals surface area contributed by atoms with Crippen molar-refractivity contribution in [1.82, 2.24) is 14.9 Å². The number of nitrogens with one attached hydrogen (secondary N) is 1. The molecule has 32 heavy (non-hydrogen) atoms. The molecule has 1 fully saturated rings. The number of benzene rings is 1. The summed E-state index contributed by atoms with van der Waals surface area (Å²) in [5.74, 6) is -0.0764. The highest BCUT2D eigenvalue weighted by Gasteiger charge is 2.24. The van der Waals surface area contributed by atoms with Crippen LogP contribution in [0.5, 0.6) is 0 Å². The molecule has 8 heteroatoms. The first kappa shape index (κ1) is 23.0. The minimum Gasteiger partial charge on any atom is -0.385 e. The molecule has 0 aliphatic carbocycles. The molecule has 170 valence electrons. The number of halogens is 1. The zero-order chi connectivity index (χ0) is 22.5. The highest BCUT2D eigenvalue weighted by atomic mass is 35.5.